The van der Waals surface area contributed by atoms with E-state index in [0.717, 1.165) is 0 Å². The van der Waals surface area contributed by atoms with Crippen LogP contribution >= 0.6 is 23.4 Å². The maximum absolute atomic E-state index is 12.3. The largest absolute Gasteiger partial charge is 0.431 e. The van der Waals surface area contributed by atoms with Crippen LogP contribution in [0.15, 0.2) is 52.1 Å². The second kappa shape index (κ2) is 7.16. The molecule has 2 aromatic carbocycles. The number of primary amides is 1. The zero-order valence-electron chi connectivity index (χ0n) is 13.2. The summed E-state index contributed by atoms with van der Waals surface area (Å²) in [6.07, 6.45) is 0. The first-order valence-electron chi connectivity index (χ1n) is 7.36. The second-order valence-electron chi connectivity index (χ2n) is 5.28. The van der Waals surface area contributed by atoms with Crippen LogP contribution in [0.1, 0.15) is 17.3 Å². The van der Waals surface area contributed by atoms with E-state index in [1.165, 1.54) is 11.8 Å². The highest BCUT2D eigenvalue weighted by Gasteiger charge is 2.18. The smallest absolute Gasteiger partial charge is 0.257 e. The van der Waals surface area contributed by atoms with Gasteiger partial charge in [-0.2, -0.15) is 0 Å². The molecule has 1 unspecified atom stereocenters. The Hall–Kier alpha value is -2.51. The van der Waals surface area contributed by atoms with Crippen molar-refractivity contribution >= 4 is 52.0 Å². The van der Waals surface area contributed by atoms with Gasteiger partial charge in [0.25, 0.3) is 5.22 Å². The Kier molecular flexibility index (Phi) is 4.96. The number of fused-ring (bicyclic) bond motifs is 1. The third-order valence-corrected chi connectivity index (χ3v) is 4.59. The van der Waals surface area contributed by atoms with Gasteiger partial charge in [-0.3, -0.25) is 9.59 Å². The van der Waals surface area contributed by atoms with Gasteiger partial charge in [-0.1, -0.05) is 23.4 Å². The fraction of sp³-hybridized carbons (Fsp3) is 0.118. The average Bonchev–Trinajstić information content (AvgIpc) is 2.96. The SMILES string of the molecule is CC(Sc1nc2cc(Cl)ccc2o1)C(=O)Nc1ccc(C(N)=O)cc1. The van der Waals surface area contributed by atoms with Crippen molar-refractivity contribution in [1.29, 1.82) is 0 Å². The molecule has 0 fully saturated rings. The van der Waals surface area contributed by atoms with E-state index >= 15 is 0 Å². The number of hydrogen-bond acceptors (Lipinski definition) is 5. The van der Waals surface area contributed by atoms with Gasteiger partial charge in [0.2, 0.25) is 11.8 Å². The van der Waals surface area contributed by atoms with Gasteiger partial charge in [-0.25, -0.2) is 4.98 Å². The van der Waals surface area contributed by atoms with E-state index in [1.807, 2.05) is 0 Å². The zero-order chi connectivity index (χ0) is 18.0. The summed E-state index contributed by atoms with van der Waals surface area (Å²) < 4.78 is 5.60. The predicted molar refractivity (Wildman–Crippen MR) is 97.9 cm³/mol. The van der Waals surface area contributed by atoms with Crippen LogP contribution in [0.2, 0.25) is 5.02 Å². The third kappa shape index (κ3) is 4.12. The van der Waals surface area contributed by atoms with Gasteiger partial charge in [-0.15, -0.1) is 0 Å². The molecule has 128 valence electrons. The third-order valence-electron chi connectivity index (χ3n) is 3.41. The van der Waals surface area contributed by atoms with Crippen LogP contribution in [0.25, 0.3) is 11.1 Å². The number of carbonyl (C=O) groups excluding carboxylic acids is 2. The first-order chi connectivity index (χ1) is 11.9. The Balaban J connectivity index is 1.66. The summed E-state index contributed by atoms with van der Waals surface area (Å²) in [5.74, 6) is -0.727. The molecule has 0 aliphatic heterocycles. The topological polar surface area (TPSA) is 98.2 Å². The van der Waals surface area contributed by atoms with Crippen molar-refractivity contribution in [2.24, 2.45) is 5.73 Å². The summed E-state index contributed by atoms with van der Waals surface area (Å²) in [6, 6.07) is 11.5. The lowest BCUT2D eigenvalue weighted by Gasteiger charge is -2.10. The van der Waals surface area contributed by atoms with Crippen molar-refractivity contribution in [2.75, 3.05) is 5.32 Å². The maximum Gasteiger partial charge on any atom is 0.257 e. The molecule has 0 saturated heterocycles. The molecule has 0 aliphatic rings. The fourth-order valence-electron chi connectivity index (χ4n) is 2.10. The highest BCUT2D eigenvalue weighted by atomic mass is 35.5. The highest BCUT2D eigenvalue weighted by Crippen LogP contribution is 2.28. The molecule has 0 bridgehead atoms. The summed E-state index contributed by atoms with van der Waals surface area (Å²) in [7, 11) is 0. The van der Waals surface area contributed by atoms with Crippen LogP contribution in [-0.2, 0) is 4.79 Å². The first-order valence-corrected chi connectivity index (χ1v) is 8.61. The summed E-state index contributed by atoms with van der Waals surface area (Å²) in [5.41, 5.74) is 7.40. The fourth-order valence-corrected chi connectivity index (χ4v) is 3.02. The molecule has 1 atom stereocenters. The number of nitrogens with one attached hydrogen (secondary N) is 1. The van der Waals surface area contributed by atoms with Crippen LogP contribution in [0, 0.1) is 0 Å². The lowest BCUT2D eigenvalue weighted by molar-refractivity contribution is -0.115. The van der Waals surface area contributed by atoms with Crippen molar-refractivity contribution in [2.45, 2.75) is 17.4 Å². The molecule has 3 aromatic rings. The number of benzene rings is 2. The van der Waals surface area contributed by atoms with Crippen LogP contribution < -0.4 is 11.1 Å². The normalized spacial score (nSPS) is 12.1. The molecule has 0 spiro atoms. The zero-order valence-corrected chi connectivity index (χ0v) is 14.7. The number of thioether (sulfide) groups is 1. The summed E-state index contributed by atoms with van der Waals surface area (Å²) in [5, 5.41) is 3.30. The molecule has 8 heteroatoms. The minimum Gasteiger partial charge on any atom is -0.431 e. The van der Waals surface area contributed by atoms with Gasteiger partial charge in [0.15, 0.2) is 5.58 Å². The Bertz CT molecular complexity index is 940. The Morgan fingerprint density at radius 1 is 1.24 bits per heavy atom. The van der Waals surface area contributed by atoms with Gasteiger partial charge in [0, 0.05) is 16.3 Å². The molecule has 1 aromatic heterocycles. The van der Waals surface area contributed by atoms with Crippen molar-refractivity contribution < 1.29 is 14.0 Å². The van der Waals surface area contributed by atoms with E-state index in [0.29, 0.717) is 32.6 Å². The van der Waals surface area contributed by atoms with E-state index in [1.54, 1.807) is 49.4 Å². The highest BCUT2D eigenvalue weighted by molar-refractivity contribution is 8.00. The summed E-state index contributed by atoms with van der Waals surface area (Å²) in [6.45, 7) is 1.75. The quantitative estimate of drug-likeness (QED) is 0.662. The number of carbonyl (C=O) groups is 2. The number of hydrogen-bond donors (Lipinski definition) is 2. The number of oxazole rings is 1. The molecule has 0 aliphatic carbocycles. The molecule has 3 N–H and O–H groups in total. The second-order valence-corrected chi connectivity index (χ2v) is 7.01. The van der Waals surface area contributed by atoms with Crippen molar-refractivity contribution in [3.8, 4) is 0 Å². The Labute approximate surface area is 152 Å². The molecular weight excluding hydrogens is 362 g/mol. The first kappa shape index (κ1) is 17.3. The van der Waals surface area contributed by atoms with Crippen LogP contribution in [0.4, 0.5) is 5.69 Å². The number of nitrogens with two attached hydrogens (primary N) is 1. The molecule has 6 nitrogen and oxygen atoms in total. The van der Waals surface area contributed by atoms with Crippen LogP contribution in [0.5, 0.6) is 0 Å². The number of amides is 2. The summed E-state index contributed by atoms with van der Waals surface area (Å²) >= 11 is 7.13. The summed E-state index contributed by atoms with van der Waals surface area (Å²) in [4.78, 5) is 27.7. The number of halogens is 1. The minimum absolute atomic E-state index is 0.211. The van der Waals surface area contributed by atoms with Gasteiger partial charge >= 0.3 is 0 Å². The van der Waals surface area contributed by atoms with E-state index in [4.69, 9.17) is 21.8 Å². The molecule has 0 radical (unpaired) electrons. The minimum atomic E-state index is -0.516. The Morgan fingerprint density at radius 2 is 1.96 bits per heavy atom. The predicted octanol–water partition coefficient (Wildman–Crippen LogP) is 3.70. The number of aromatic nitrogens is 1. The van der Waals surface area contributed by atoms with E-state index in [-0.39, 0.29) is 5.91 Å². The van der Waals surface area contributed by atoms with Gasteiger partial charge < -0.3 is 15.5 Å². The molecular formula is C17H14ClN3O3S. The standard InChI is InChI=1S/C17H14ClN3O3S/c1-9(16(23)20-12-5-2-10(3-6-12)15(19)22)25-17-21-13-8-11(18)4-7-14(13)24-17/h2-9H,1H3,(H2,19,22)(H,20,23). The number of anilines is 1. The number of nitrogens with zero attached hydrogens (tertiary/aromatic N) is 1. The van der Waals surface area contributed by atoms with Crippen molar-refractivity contribution in [3.63, 3.8) is 0 Å². The van der Waals surface area contributed by atoms with Gasteiger partial charge in [-0.05, 0) is 49.4 Å². The monoisotopic (exact) mass is 375 g/mol. The molecule has 25 heavy (non-hydrogen) atoms. The number of rotatable bonds is 5. The van der Waals surface area contributed by atoms with Gasteiger partial charge in [0.1, 0.15) is 5.52 Å². The maximum atomic E-state index is 12.3. The van der Waals surface area contributed by atoms with Gasteiger partial charge in [0.05, 0.1) is 5.25 Å². The van der Waals surface area contributed by atoms with Crippen molar-refractivity contribution in [1.82, 2.24) is 4.98 Å². The molecule has 1 heterocycles. The average molecular weight is 376 g/mol. The van der Waals surface area contributed by atoms with Crippen LogP contribution in [0.3, 0.4) is 0 Å². The lowest BCUT2D eigenvalue weighted by atomic mass is 10.2. The lowest BCUT2D eigenvalue weighted by Crippen LogP contribution is -2.22. The van der Waals surface area contributed by atoms with E-state index < -0.39 is 11.2 Å². The molecule has 3 rings (SSSR count). The van der Waals surface area contributed by atoms with E-state index in [2.05, 4.69) is 10.3 Å². The molecule has 2 amide bonds. The molecule has 0 saturated carbocycles. The van der Waals surface area contributed by atoms with E-state index in [9.17, 15) is 9.59 Å². The Morgan fingerprint density at radius 3 is 2.64 bits per heavy atom. The van der Waals surface area contributed by atoms with Crippen LogP contribution in [-0.4, -0.2) is 22.0 Å². The van der Waals surface area contributed by atoms with Crippen molar-refractivity contribution in [3.05, 3.63) is 53.1 Å².